The highest BCUT2D eigenvalue weighted by atomic mass is 19.1. The Labute approximate surface area is 110 Å². The molecule has 0 saturated carbocycles. The van der Waals surface area contributed by atoms with E-state index in [2.05, 4.69) is 4.98 Å². The predicted molar refractivity (Wildman–Crippen MR) is 73.1 cm³/mol. The van der Waals surface area contributed by atoms with Gasteiger partial charge in [-0.3, -0.25) is 0 Å². The van der Waals surface area contributed by atoms with Crippen molar-refractivity contribution in [1.82, 2.24) is 9.55 Å². The van der Waals surface area contributed by atoms with Gasteiger partial charge in [0.1, 0.15) is 5.82 Å². The fraction of sp³-hybridized carbons (Fsp3) is 0.133. The number of nitrogens with two attached hydrogens (primary N) is 1. The topological polar surface area (TPSA) is 43.8 Å². The molecule has 4 heteroatoms. The Kier molecular flexibility index (Phi) is 3.01. The smallest absolute Gasteiger partial charge is 0.128 e. The predicted octanol–water partition coefficient (Wildman–Crippen LogP) is 2.88. The summed E-state index contributed by atoms with van der Waals surface area (Å²) < 4.78 is 15.6. The van der Waals surface area contributed by atoms with Crippen LogP contribution in [0.1, 0.15) is 11.6 Å². The van der Waals surface area contributed by atoms with Crippen LogP contribution in [0.5, 0.6) is 0 Å². The van der Waals surface area contributed by atoms with Crippen molar-refractivity contribution in [3.05, 3.63) is 66.2 Å². The van der Waals surface area contributed by atoms with E-state index in [0.717, 1.165) is 11.0 Å². The fourth-order valence-corrected chi connectivity index (χ4v) is 2.24. The van der Waals surface area contributed by atoms with Crippen LogP contribution in [0.2, 0.25) is 0 Å². The highest BCUT2D eigenvalue weighted by Crippen LogP contribution is 2.19. The molecule has 1 unspecified atom stereocenters. The van der Waals surface area contributed by atoms with Crippen LogP contribution in [0, 0.1) is 5.82 Å². The lowest BCUT2D eigenvalue weighted by atomic mass is 10.1. The molecule has 0 fully saturated rings. The Bertz CT molecular complexity index is 705. The second-order valence-electron chi connectivity index (χ2n) is 4.51. The third-order valence-corrected chi connectivity index (χ3v) is 3.23. The number of hydrogen-bond acceptors (Lipinski definition) is 2. The lowest BCUT2D eigenvalue weighted by molar-refractivity contribution is 0.538. The molecule has 2 N–H and O–H groups in total. The molecule has 1 heterocycles. The molecule has 2 aromatic carbocycles. The second kappa shape index (κ2) is 4.82. The van der Waals surface area contributed by atoms with E-state index < -0.39 is 0 Å². The van der Waals surface area contributed by atoms with Crippen molar-refractivity contribution in [2.45, 2.75) is 12.6 Å². The van der Waals surface area contributed by atoms with Gasteiger partial charge in [-0.2, -0.15) is 0 Å². The van der Waals surface area contributed by atoms with Crippen LogP contribution in [0.3, 0.4) is 0 Å². The van der Waals surface area contributed by atoms with Gasteiger partial charge in [-0.05, 0) is 18.2 Å². The van der Waals surface area contributed by atoms with Gasteiger partial charge in [0.25, 0.3) is 0 Å². The van der Waals surface area contributed by atoms with E-state index in [4.69, 9.17) is 5.73 Å². The van der Waals surface area contributed by atoms with Crippen molar-refractivity contribution in [2.75, 3.05) is 0 Å². The number of hydrogen-bond donors (Lipinski definition) is 1. The normalized spacial score (nSPS) is 12.7. The molecule has 19 heavy (non-hydrogen) atoms. The molecule has 96 valence electrons. The maximum absolute atomic E-state index is 13.7. The van der Waals surface area contributed by atoms with Crippen LogP contribution >= 0.6 is 0 Å². The van der Waals surface area contributed by atoms with Crippen LogP contribution in [0.4, 0.5) is 4.39 Å². The number of imidazole rings is 1. The first-order chi connectivity index (χ1) is 9.25. The first-order valence-electron chi connectivity index (χ1n) is 6.15. The van der Waals surface area contributed by atoms with Crippen LogP contribution in [0.15, 0.2) is 54.9 Å². The van der Waals surface area contributed by atoms with Gasteiger partial charge in [-0.25, -0.2) is 9.37 Å². The molecule has 1 atom stereocenters. The monoisotopic (exact) mass is 255 g/mol. The van der Waals surface area contributed by atoms with Gasteiger partial charge < -0.3 is 10.3 Å². The van der Waals surface area contributed by atoms with E-state index in [1.807, 2.05) is 28.8 Å². The molecule has 1 aromatic heterocycles. The first kappa shape index (κ1) is 11.9. The lowest BCUT2D eigenvalue weighted by Crippen LogP contribution is -2.18. The summed E-state index contributed by atoms with van der Waals surface area (Å²) in [4.78, 5) is 4.30. The van der Waals surface area contributed by atoms with Crippen molar-refractivity contribution in [3.8, 4) is 0 Å². The van der Waals surface area contributed by atoms with Crippen molar-refractivity contribution in [1.29, 1.82) is 0 Å². The van der Waals surface area contributed by atoms with Crippen molar-refractivity contribution in [3.63, 3.8) is 0 Å². The molecule has 3 rings (SSSR count). The average Bonchev–Trinajstić information content (AvgIpc) is 2.83. The molecular formula is C15H14FN3. The highest BCUT2D eigenvalue weighted by molar-refractivity contribution is 5.74. The van der Waals surface area contributed by atoms with Crippen LogP contribution in [-0.2, 0) is 6.54 Å². The van der Waals surface area contributed by atoms with Gasteiger partial charge >= 0.3 is 0 Å². The number of nitrogens with zero attached hydrogens (tertiary/aromatic N) is 2. The van der Waals surface area contributed by atoms with E-state index in [1.165, 1.54) is 6.07 Å². The summed E-state index contributed by atoms with van der Waals surface area (Å²) in [6.07, 6.45) is 1.74. The highest BCUT2D eigenvalue weighted by Gasteiger charge is 2.12. The third-order valence-electron chi connectivity index (χ3n) is 3.23. The molecule has 0 amide bonds. The molecular weight excluding hydrogens is 241 g/mol. The standard InChI is InChI=1S/C15H14FN3/c16-12-6-2-1-5-11(12)13(17)9-19-10-18-14-7-3-4-8-15(14)19/h1-8,10,13H,9,17H2. The van der Waals surface area contributed by atoms with E-state index >= 15 is 0 Å². The quantitative estimate of drug-likeness (QED) is 0.782. The van der Waals surface area contributed by atoms with E-state index in [-0.39, 0.29) is 11.9 Å². The molecule has 0 aliphatic heterocycles. The summed E-state index contributed by atoms with van der Waals surface area (Å²) in [7, 11) is 0. The van der Waals surface area contributed by atoms with Crippen LogP contribution < -0.4 is 5.73 Å². The Morgan fingerprint density at radius 1 is 1.11 bits per heavy atom. The number of para-hydroxylation sites is 2. The van der Waals surface area contributed by atoms with Gasteiger partial charge in [0.2, 0.25) is 0 Å². The zero-order valence-corrected chi connectivity index (χ0v) is 10.3. The fourth-order valence-electron chi connectivity index (χ4n) is 2.24. The minimum atomic E-state index is -0.390. The second-order valence-corrected chi connectivity index (χ2v) is 4.51. The van der Waals surface area contributed by atoms with Crippen molar-refractivity contribution in [2.24, 2.45) is 5.73 Å². The Morgan fingerprint density at radius 2 is 1.84 bits per heavy atom. The number of rotatable bonds is 3. The maximum Gasteiger partial charge on any atom is 0.128 e. The summed E-state index contributed by atoms with van der Waals surface area (Å²) in [6.45, 7) is 0.501. The minimum absolute atomic E-state index is 0.264. The summed E-state index contributed by atoms with van der Waals surface area (Å²) in [5.74, 6) is -0.264. The third kappa shape index (κ3) is 2.22. The van der Waals surface area contributed by atoms with Gasteiger partial charge in [-0.1, -0.05) is 30.3 Å². The molecule has 0 bridgehead atoms. The molecule has 0 saturated heterocycles. The van der Waals surface area contributed by atoms with Crippen LogP contribution in [-0.4, -0.2) is 9.55 Å². The molecule has 0 aliphatic carbocycles. The zero-order chi connectivity index (χ0) is 13.2. The molecule has 3 nitrogen and oxygen atoms in total. The Morgan fingerprint density at radius 3 is 2.68 bits per heavy atom. The van der Waals surface area contributed by atoms with Gasteiger partial charge in [-0.15, -0.1) is 0 Å². The summed E-state index contributed by atoms with van der Waals surface area (Å²) in [6, 6.07) is 14.0. The molecule has 0 radical (unpaired) electrons. The Hall–Kier alpha value is -2.20. The largest absolute Gasteiger partial charge is 0.329 e. The van der Waals surface area contributed by atoms with Crippen LogP contribution in [0.25, 0.3) is 11.0 Å². The molecule has 3 aromatic rings. The maximum atomic E-state index is 13.7. The van der Waals surface area contributed by atoms with Crippen molar-refractivity contribution < 1.29 is 4.39 Å². The van der Waals surface area contributed by atoms with E-state index in [1.54, 1.807) is 24.5 Å². The number of benzene rings is 2. The van der Waals surface area contributed by atoms with E-state index in [9.17, 15) is 4.39 Å². The Balaban J connectivity index is 1.91. The average molecular weight is 255 g/mol. The molecule has 0 aliphatic rings. The first-order valence-corrected chi connectivity index (χ1v) is 6.15. The van der Waals surface area contributed by atoms with Gasteiger partial charge in [0.15, 0.2) is 0 Å². The van der Waals surface area contributed by atoms with Gasteiger partial charge in [0.05, 0.1) is 23.4 Å². The number of fused-ring (bicyclic) bond motifs is 1. The summed E-state index contributed by atoms with van der Waals surface area (Å²) in [5, 5.41) is 0. The number of aromatic nitrogens is 2. The van der Waals surface area contributed by atoms with E-state index in [0.29, 0.717) is 12.1 Å². The summed E-state index contributed by atoms with van der Waals surface area (Å²) >= 11 is 0. The molecule has 0 spiro atoms. The number of halogens is 1. The minimum Gasteiger partial charge on any atom is -0.329 e. The SMILES string of the molecule is NC(Cn1cnc2ccccc21)c1ccccc1F. The van der Waals surface area contributed by atoms with Gasteiger partial charge in [0, 0.05) is 12.1 Å². The van der Waals surface area contributed by atoms with Crippen molar-refractivity contribution >= 4 is 11.0 Å². The zero-order valence-electron chi connectivity index (χ0n) is 10.3. The summed E-state index contributed by atoms with van der Waals surface area (Å²) in [5.41, 5.74) is 8.55. The lowest BCUT2D eigenvalue weighted by Gasteiger charge is -2.14.